The van der Waals surface area contributed by atoms with Gasteiger partial charge in [-0.2, -0.15) is 0 Å². The topological polar surface area (TPSA) is 67.4 Å². The first kappa shape index (κ1) is 15.5. The van der Waals surface area contributed by atoms with Crippen molar-refractivity contribution in [3.05, 3.63) is 27.2 Å². The van der Waals surface area contributed by atoms with Crippen molar-refractivity contribution in [1.82, 2.24) is 14.9 Å². The van der Waals surface area contributed by atoms with Gasteiger partial charge in [-0.05, 0) is 13.8 Å². The number of hydrogen-bond acceptors (Lipinski definition) is 7. The molecule has 1 N–H and O–H groups in total. The lowest BCUT2D eigenvalue weighted by molar-refractivity contribution is -0.119. The molecule has 0 aliphatic carbocycles. The molecule has 0 saturated carbocycles. The van der Waals surface area contributed by atoms with E-state index >= 15 is 0 Å². The smallest absolute Gasteiger partial charge is 0.240 e. The van der Waals surface area contributed by atoms with E-state index in [2.05, 4.69) is 20.2 Å². The molecular formula is C14H18N4O2S2. The number of carbonyl (C=O) groups excluding carboxylic acids is 1. The van der Waals surface area contributed by atoms with Crippen LogP contribution in [0, 0.1) is 13.8 Å². The first-order valence-electron chi connectivity index (χ1n) is 7.08. The third-order valence-electron chi connectivity index (χ3n) is 3.30. The largest absolute Gasteiger partial charge is 0.368 e. The van der Waals surface area contributed by atoms with Crippen LogP contribution in [-0.4, -0.2) is 47.0 Å². The number of aryl methyl sites for hydroxylation is 2. The van der Waals surface area contributed by atoms with Crippen LogP contribution in [-0.2, 0) is 9.53 Å². The van der Waals surface area contributed by atoms with Crippen molar-refractivity contribution in [3.63, 3.8) is 0 Å². The summed E-state index contributed by atoms with van der Waals surface area (Å²) in [7, 11) is 0. The van der Waals surface area contributed by atoms with Crippen LogP contribution in [0.25, 0.3) is 0 Å². The van der Waals surface area contributed by atoms with Gasteiger partial charge in [-0.3, -0.25) is 9.69 Å². The lowest BCUT2D eigenvalue weighted by Crippen LogP contribution is -2.42. The van der Waals surface area contributed by atoms with Crippen molar-refractivity contribution in [1.29, 1.82) is 0 Å². The van der Waals surface area contributed by atoms with E-state index in [1.807, 2.05) is 24.6 Å². The first-order valence-corrected chi connectivity index (χ1v) is 8.84. The van der Waals surface area contributed by atoms with Crippen LogP contribution < -0.4 is 5.32 Å². The molecule has 118 valence electrons. The van der Waals surface area contributed by atoms with Gasteiger partial charge in [0.1, 0.15) is 11.1 Å². The number of thiazole rings is 2. The SMILES string of the molecule is Cc1csc(NC(=O)CN2CCO[C@@H](c3nc(C)cs3)C2)n1. The minimum Gasteiger partial charge on any atom is -0.368 e. The molecule has 3 rings (SSSR count). The Morgan fingerprint density at radius 2 is 2.14 bits per heavy atom. The molecule has 1 fully saturated rings. The summed E-state index contributed by atoms with van der Waals surface area (Å²) in [5.74, 6) is -0.0367. The highest BCUT2D eigenvalue weighted by atomic mass is 32.1. The predicted octanol–water partition coefficient (Wildman–Crippen LogP) is 2.23. The normalized spacial score (nSPS) is 19.3. The number of anilines is 1. The number of ether oxygens (including phenoxy) is 1. The van der Waals surface area contributed by atoms with E-state index in [1.54, 1.807) is 11.3 Å². The Morgan fingerprint density at radius 3 is 2.82 bits per heavy atom. The molecule has 1 aliphatic heterocycles. The molecule has 2 aromatic rings. The van der Waals surface area contributed by atoms with Crippen LogP contribution in [0.4, 0.5) is 5.13 Å². The number of hydrogen-bond donors (Lipinski definition) is 1. The maximum absolute atomic E-state index is 12.1. The predicted molar refractivity (Wildman–Crippen MR) is 87.5 cm³/mol. The standard InChI is InChI=1S/C14H18N4O2S2/c1-9-7-21-13(15-9)11-5-18(3-4-20-11)6-12(19)17-14-16-10(2)8-22-14/h7-8,11H,3-6H2,1-2H3,(H,16,17,19)/t11-/m1/s1. The highest BCUT2D eigenvalue weighted by molar-refractivity contribution is 7.13. The van der Waals surface area contributed by atoms with Crippen molar-refractivity contribution in [2.24, 2.45) is 0 Å². The summed E-state index contributed by atoms with van der Waals surface area (Å²) >= 11 is 3.06. The van der Waals surface area contributed by atoms with Crippen LogP contribution in [0.2, 0.25) is 0 Å². The molecule has 0 radical (unpaired) electrons. The van der Waals surface area contributed by atoms with Gasteiger partial charge in [0.05, 0.1) is 18.8 Å². The zero-order valence-corrected chi connectivity index (χ0v) is 14.2. The van der Waals surface area contributed by atoms with Gasteiger partial charge in [-0.1, -0.05) is 0 Å². The molecule has 0 aromatic carbocycles. The Hall–Kier alpha value is -1.35. The second kappa shape index (κ2) is 6.82. The minimum atomic E-state index is -0.0395. The molecule has 2 aromatic heterocycles. The average molecular weight is 338 g/mol. The van der Waals surface area contributed by atoms with Crippen LogP contribution >= 0.6 is 22.7 Å². The number of nitrogens with zero attached hydrogens (tertiary/aromatic N) is 3. The molecule has 1 aliphatic rings. The molecule has 1 amide bonds. The van der Waals surface area contributed by atoms with Gasteiger partial charge in [0.15, 0.2) is 5.13 Å². The van der Waals surface area contributed by atoms with E-state index in [0.717, 1.165) is 22.9 Å². The monoisotopic (exact) mass is 338 g/mol. The fraction of sp³-hybridized carbons (Fsp3) is 0.500. The van der Waals surface area contributed by atoms with Gasteiger partial charge in [0.2, 0.25) is 5.91 Å². The number of rotatable bonds is 4. The van der Waals surface area contributed by atoms with Gasteiger partial charge < -0.3 is 10.1 Å². The molecule has 0 bridgehead atoms. The lowest BCUT2D eigenvalue weighted by Gasteiger charge is -2.31. The minimum absolute atomic E-state index is 0.0367. The van der Waals surface area contributed by atoms with E-state index in [0.29, 0.717) is 24.8 Å². The fourth-order valence-electron chi connectivity index (χ4n) is 2.29. The number of nitrogens with one attached hydrogen (secondary N) is 1. The van der Waals surface area contributed by atoms with Gasteiger partial charge in [0.25, 0.3) is 0 Å². The highest BCUT2D eigenvalue weighted by Gasteiger charge is 2.25. The number of carbonyl (C=O) groups is 1. The Morgan fingerprint density at radius 1 is 1.36 bits per heavy atom. The van der Waals surface area contributed by atoms with Crippen molar-refractivity contribution < 1.29 is 9.53 Å². The third-order valence-corrected chi connectivity index (χ3v) is 5.23. The molecule has 22 heavy (non-hydrogen) atoms. The Bertz CT molecular complexity index is 655. The van der Waals surface area contributed by atoms with Crippen LogP contribution in [0.1, 0.15) is 22.5 Å². The maximum atomic E-state index is 12.1. The molecule has 1 atom stereocenters. The highest BCUT2D eigenvalue weighted by Crippen LogP contribution is 2.25. The van der Waals surface area contributed by atoms with Crippen molar-refractivity contribution in [3.8, 4) is 0 Å². The second-order valence-electron chi connectivity index (χ2n) is 5.26. The van der Waals surface area contributed by atoms with Gasteiger partial charge in [-0.15, -0.1) is 22.7 Å². The molecule has 0 unspecified atom stereocenters. The van der Waals surface area contributed by atoms with Gasteiger partial charge in [-0.25, -0.2) is 9.97 Å². The third kappa shape index (κ3) is 3.89. The van der Waals surface area contributed by atoms with E-state index in [9.17, 15) is 4.79 Å². The Balaban J connectivity index is 1.54. The Labute approximate surface area is 137 Å². The molecule has 1 saturated heterocycles. The molecule has 3 heterocycles. The van der Waals surface area contributed by atoms with Gasteiger partial charge >= 0.3 is 0 Å². The number of aromatic nitrogens is 2. The second-order valence-corrected chi connectivity index (χ2v) is 7.01. The van der Waals surface area contributed by atoms with Gasteiger partial charge in [0, 0.05) is 29.5 Å². The molecule has 6 nitrogen and oxygen atoms in total. The lowest BCUT2D eigenvalue weighted by atomic mass is 10.2. The summed E-state index contributed by atoms with van der Waals surface area (Å²) in [4.78, 5) is 22.9. The summed E-state index contributed by atoms with van der Waals surface area (Å²) in [6.07, 6.45) is -0.0395. The van der Waals surface area contributed by atoms with Crippen molar-refractivity contribution in [2.75, 3.05) is 31.6 Å². The zero-order chi connectivity index (χ0) is 15.5. The summed E-state index contributed by atoms with van der Waals surface area (Å²) in [6, 6.07) is 0. The van der Waals surface area contributed by atoms with Crippen molar-refractivity contribution in [2.45, 2.75) is 20.0 Å². The van der Waals surface area contributed by atoms with E-state index in [1.165, 1.54) is 11.3 Å². The molecule has 0 spiro atoms. The number of amides is 1. The van der Waals surface area contributed by atoms with E-state index in [-0.39, 0.29) is 12.0 Å². The molecular weight excluding hydrogens is 320 g/mol. The van der Waals surface area contributed by atoms with E-state index in [4.69, 9.17) is 4.74 Å². The summed E-state index contributed by atoms with van der Waals surface area (Å²) < 4.78 is 5.78. The maximum Gasteiger partial charge on any atom is 0.240 e. The molecule has 8 heteroatoms. The zero-order valence-electron chi connectivity index (χ0n) is 12.5. The fourth-order valence-corrected chi connectivity index (χ4v) is 3.83. The quantitative estimate of drug-likeness (QED) is 0.926. The summed E-state index contributed by atoms with van der Waals surface area (Å²) in [5.41, 5.74) is 1.93. The summed E-state index contributed by atoms with van der Waals surface area (Å²) in [5, 5.41) is 8.43. The summed E-state index contributed by atoms with van der Waals surface area (Å²) in [6.45, 7) is 6.30. The van der Waals surface area contributed by atoms with Crippen LogP contribution in [0.5, 0.6) is 0 Å². The first-order chi connectivity index (χ1) is 10.6. The Kier molecular flexibility index (Phi) is 4.82. The average Bonchev–Trinajstić information content (AvgIpc) is 3.08. The van der Waals surface area contributed by atoms with Crippen LogP contribution in [0.15, 0.2) is 10.8 Å². The van der Waals surface area contributed by atoms with Crippen molar-refractivity contribution >= 4 is 33.7 Å². The van der Waals surface area contributed by atoms with E-state index < -0.39 is 0 Å². The van der Waals surface area contributed by atoms with Crippen LogP contribution in [0.3, 0.4) is 0 Å². The number of morpholine rings is 1.